The van der Waals surface area contributed by atoms with Gasteiger partial charge in [-0.15, -0.1) is 0 Å². The monoisotopic (exact) mass is 771 g/mol. The molecule has 0 amide bonds. The Morgan fingerprint density at radius 2 is 1.24 bits per heavy atom. The van der Waals surface area contributed by atoms with E-state index < -0.39 is 33.9 Å². The minimum atomic E-state index is -4.62. The van der Waals surface area contributed by atoms with E-state index in [-0.39, 0.29) is 23.1 Å². The topological polar surface area (TPSA) is 29.5 Å². The molecule has 4 aromatic carbocycles. The van der Waals surface area contributed by atoms with Gasteiger partial charge in [-0.25, -0.2) is 0 Å². The Labute approximate surface area is 242 Å². The number of aromatic hydroxyl groups is 1. The Balaban J connectivity index is 1.57. The highest BCUT2D eigenvalue weighted by Crippen LogP contribution is 2.50. The predicted molar refractivity (Wildman–Crippen MR) is 153 cm³/mol. The van der Waals surface area contributed by atoms with Crippen molar-refractivity contribution in [3.63, 3.8) is 0 Å². The molecular weight excluding hydrogens is 756 g/mol. The van der Waals surface area contributed by atoms with Crippen LogP contribution in [0.5, 0.6) is 11.5 Å². The molecule has 0 aliphatic carbocycles. The fourth-order valence-electron chi connectivity index (χ4n) is 4.12. The van der Waals surface area contributed by atoms with Gasteiger partial charge in [0.25, 0.3) is 0 Å². The quantitative estimate of drug-likeness (QED) is 0.112. The summed E-state index contributed by atoms with van der Waals surface area (Å²) in [6.45, 7) is 0.121. The van der Waals surface area contributed by atoms with E-state index in [0.717, 1.165) is 32.7 Å². The number of ether oxygens (including phenoxy) is 1. The standard InChI is InChI=1S/C27H14F6I2O2S/c28-26(29,30)15-1-7-23-20(10-15)21-11-16(27(31,32)33)2-8-24(21)38(23)19-5-3-18(4-6-19)37-13-14-9-17(34)12-22(35)25(14)36/h1-12H,13H2/p+1. The minimum Gasteiger partial charge on any atom is -0.506 e. The molecular formula is C27H15F6I2O2S+. The average Bonchev–Trinajstić information content (AvgIpc) is 3.18. The molecule has 0 saturated carbocycles. The molecule has 11 heteroatoms. The summed E-state index contributed by atoms with van der Waals surface area (Å²) < 4.78 is 89.1. The van der Waals surface area contributed by atoms with Crippen molar-refractivity contribution in [2.45, 2.75) is 19.0 Å². The van der Waals surface area contributed by atoms with Crippen LogP contribution in [-0.4, -0.2) is 5.11 Å². The first-order valence-corrected chi connectivity index (χ1v) is 14.3. The Morgan fingerprint density at radius 1 is 0.711 bits per heavy atom. The molecule has 0 bridgehead atoms. The van der Waals surface area contributed by atoms with Crippen molar-refractivity contribution in [2.75, 3.05) is 0 Å². The number of phenolic OH excluding ortho intramolecular Hbond substituents is 1. The Bertz CT molecular complexity index is 1600. The van der Waals surface area contributed by atoms with E-state index in [0.29, 0.717) is 24.3 Å². The summed E-state index contributed by atoms with van der Waals surface area (Å²) in [4.78, 5) is 0.725. The number of phenols is 1. The molecule has 1 N–H and O–H groups in total. The number of benzene rings is 4. The lowest BCUT2D eigenvalue weighted by molar-refractivity contribution is -0.138. The van der Waals surface area contributed by atoms with E-state index in [1.807, 2.05) is 34.7 Å². The molecule has 5 rings (SSSR count). The van der Waals surface area contributed by atoms with Gasteiger partial charge in [-0.2, -0.15) is 26.3 Å². The fraction of sp³-hybridized carbons (Fsp3) is 0.111. The lowest BCUT2D eigenvalue weighted by Crippen LogP contribution is -2.04. The molecule has 0 atom stereocenters. The number of rotatable bonds is 4. The van der Waals surface area contributed by atoms with Crippen LogP contribution >= 0.6 is 55.7 Å². The zero-order valence-electron chi connectivity index (χ0n) is 18.9. The third-order valence-corrected chi connectivity index (χ3v) is 9.69. The van der Waals surface area contributed by atoms with Crippen LogP contribution in [0.2, 0.25) is 0 Å². The molecule has 5 aromatic rings. The van der Waals surface area contributed by atoms with E-state index in [1.54, 1.807) is 24.3 Å². The normalized spacial score (nSPS) is 12.4. The van der Waals surface area contributed by atoms with Gasteiger partial charge in [0.1, 0.15) is 18.1 Å². The third kappa shape index (κ3) is 5.28. The molecule has 0 unspecified atom stereocenters. The summed E-state index contributed by atoms with van der Waals surface area (Å²) in [6.07, 6.45) is -9.25. The zero-order chi connectivity index (χ0) is 27.4. The van der Waals surface area contributed by atoms with Crippen LogP contribution in [0.15, 0.2) is 72.8 Å². The molecule has 0 aliphatic rings. The summed E-state index contributed by atoms with van der Waals surface area (Å²) in [7, 11) is -0.901. The Hall–Kier alpha value is -2.26. The van der Waals surface area contributed by atoms with E-state index in [9.17, 15) is 31.4 Å². The number of halogens is 8. The molecule has 0 fully saturated rings. The van der Waals surface area contributed by atoms with E-state index in [1.165, 1.54) is 12.1 Å². The summed E-state index contributed by atoms with van der Waals surface area (Å²) in [5.41, 5.74) is -1.21. The molecule has 0 saturated heterocycles. The highest BCUT2D eigenvalue weighted by atomic mass is 127. The van der Waals surface area contributed by atoms with Gasteiger partial charge in [0.15, 0.2) is 14.3 Å². The smallest absolute Gasteiger partial charge is 0.416 e. The maximum Gasteiger partial charge on any atom is 0.416 e. The molecule has 0 aliphatic heterocycles. The zero-order valence-corrected chi connectivity index (χ0v) is 24.1. The molecule has 1 aromatic heterocycles. The first kappa shape index (κ1) is 27.3. The number of thiophene rings is 1. The van der Waals surface area contributed by atoms with E-state index in [4.69, 9.17) is 4.74 Å². The number of fused-ring (bicyclic) bond motifs is 3. The van der Waals surface area contributed by atoms with Gasteiger partial charge in [0, 0.05) is 42.5 Å². The molecule has 1 heterocycles. The Morgan fingerprint density at radius 3 is 1.74 bits per heavy atom. The highest BCUT2D eigenvalue weighted by molar-refractivity contribution is 14.1. The van der Waals surface area contributed by atoms with Gasteiger partial charge < -0.3 is 9.84 Å². The van der Waals surface area contributed by atoms with Crippen molar-refractivity contribution in [1.29, 1.82) is 0 Å². The molecule has 38 heavy (non-hydrogen) atoms. The van der Waals surface area contributed by atoms with Crippen LogP contribution in [0.1, 0.15) is 16.7 Å². The maximum atomic E-state index is 13.4. The lowest BCUT2D eigenvalue weighted by Gasteiger charge is -2.10. The second-order valence-electron chi connectivity index (χ2n) is 8.38. The van der Waals surface area contributed by atoms with Gasteiger partial charge in [-0.05, 0) is 106 Å². The molecule has 2 nitrogen and oxygen atoms in total. The van der Waals surface area contributed by atoms with Crippen molar-refractivity contribution in [1.82, 2.24) is 0 Å². The highest BCUT2D eigenvalue weighted by Gasteiger charge is 2.35. The van der Waals surface area contributed by atoms with Gasteiger partial charge >= 0.3 is 12.4 Å². The molecule has 196 valence electrons. The molecule has 0 spiro atoms. The summed E-state index contributed by atoms with van der Waals surface area (Å²) in [5, 5.41) is 10.6. The fourth-order valence-corrected chi connectivity index (χ4v) is 8.43. The van der Waals surface area contributed by atoms with Crippen molar-refractivity contribution >= 4 is 75.8 Å². The van der Waals surface area contributed by atoms with E-state index in [2.05, 4.69) is 22.6 Å². The number of hydrogen-bond acceptors (Lipinski definition) is 2. The van der Waals surface area contributed by atoms with Crippen LogP contribution < -0.4 is 4.74 Å². The van der Waals surface area contributed by atoms with Crippen molar-refractivity contribution in [3.05, 3.63) is 96.6 Å². The SMILES string of the molecule is Oc1c(I)cc(I)cc1COc1ccc(-[s+]2c3ccc(C(F)(F)F)cc3c3cc(C(F)(F)F)ccc32)cc1. The predicted octanol–water partition coefficient (Wildman–Crippen LogP) is 10.3. The summed E-state index contributed by atoms with van der Waals surface area (Å²) in [5.74, 6) is 0.643. The van der Waals surface area contributed by atoms with Crippen LogP contribution in [0, 0.1) is 7.14 Å². The van der Waals surface area contributed by atoms with Crippen molar-refractivity contribution in [3.8, 4) is 16.4 Å². The second-order valence-corrected chi connectivity index (χ2v) is 12.8. The van der Waals surface area contributed by atoms with E-state index >= 15 is 0 Å². The largest absolute Gasteiger partial charge is 0.506 e. The first-order valence-electron chi connectivity index (χ1n) is 10.9. The second kappa shape index (κ2) is 10.0. The number of hydrogen-bond donors (Lipinski definition) is 1. The van der Waals surface area contributed by atoms with Crippen LogP contribution in [0.25, 0.3) is 25.1 Å². The summed E-state index contributed by atoms with van der Waals surface area (Å²) >= 11 is 4.18. The third-order valence-electron chi connectivity index (χ3n) is 5.90. The Kier molecular flexibility index (Phi) is 7.22. The van der Waals surface area contributed by atoms with Crippen LogP contribution in [0.4, 0.5) is 26.3 Å². The van der Waals surface area contributed by atoms with Gasteiger partial charge in [-0.1, -0.05) is 0 Å². The minimum absolute atomic E-state index is 0.121. The van der Waals surface area contributed by atoms with Crippen LogP contribution in [0.3, 0.4) is 0 Å². The van der Waals surface area contributed by atoms with Gasteiger partial charge in [0.05, 0.1) is 14.7 Å². The van der Waals surface area contributed by atoms with Crippen LogP contribution in [-0.2, 0) is 19.0 Å². The van der Waals surface area contributed by atoms with Crippen molar-refractivity contribution < 1.29 is 36.2 Å². The van der Waals surface area contributed by atoms with Gasteiger partial charge in [0.2, 0.25) is 0 Å². The maximum absolute atomic E-state index is 13.4. The number of alkyl halides is 6. The summed E-state index contributed by atoms with van der Waals surface area (Å²) in [6, 6.07) is 17.0. The molecule has 0 radical (unpaired) electrons. The average molecular weight is 771 g/mol. The van der Waals surface area contributed by atoms with Crippen molar-refractivity contribution in [2.24, 2.45) is 0 Å². The lowest BCUT2D eigenvalue weighted by atomic mass is 10.1. The van der Waals surface area contributed by atoms with Gasteiger partial charge in [-0.3, -0.25) is 0 Å². The first-order chi connectivity index (χ1) is 17.8.